The summed E-state index contributed by atoms with van der Waals surface area (Å²) in [5, 5.41) is 14.5. The standard InChI is InChI=1S/C41H52F3N5O11S/c1-6-24-15-23(2)9-7-8-10-26-19-40(26,36(52)47-61(55,56)38(3)13-14-38)46-33(50)30-18-28(60-34-29-12-11-27(57-4)16-25(29)17-31(45-34)58-5)20-48(30)35(51)32(24)49(37(53)54)39(21-59-22-39)41(42,43)44/h8,10-12,16-17,23-24,26,28,30,32H,6-7,9,13-15,18-22H2,1-5H3,(H,46,50)(H,47,52)(H,53,54)/t23-,24-,26-,28-,30+,32+,40-/m1/s1. The van der Waals surface area contributed by atoms with Crippen LogP contribution in [0.2, 0.25) is 0 Å². The SMILES string of the molecule is CC[C@@H]1C[C@H](C)CCC=C[C@@H]2C[C@@]2(C(=O)NS(=O)(=O)C2(C)CC2)NC(=O)[C@@H]2C[C@@H](Oc3nc(OC)cc4cc(OC)ccc34)CN2C(=O)[C@H]1N(C(=O)O)C1(C(F)(F)F)COC1. The first-order valence-corrected chi connectivity index (χ1v) is 21.9. The van der Waals surface area contributed by atoms with Gasteiger partial charge in [0.05, 0.1) is 38.7 Å². The molecule has 3 aliphatic heterocycles. The molecule has 61 heavy (non-hydrogen) atoms. The number of carbonyl (C=O) groups is 4. The second kappa shape index (κ2) is 16.1. The summed E-state index contributed by atoms with van der Waals surface area (Å²) in [4.78, 5) is 62.9. The van der Waals surface area contributed by atoms with Gasteiger partial charge >= 0.3 is 12.3 Å². The molecule has 4 heterocycles. The highest BCUT2D eigenvalue weighted by Crippen LogP contribution is 2.49. The molecule has 4 amide bonds. The molecule has 7 rings (SSSR count). The van der Waals surface area contributed by atoms with Gasteiger partial charge in [-0.1, -0.05) is 32.4 Å². The van der Waals surface area contributed by atoms with Gasteiger partial charge in [0.25, 0.3) is 5.91 Å². The van der Waals surface area contributed by atoms with E-state index in [1.54, 1.807) is 37.3 Å². The number of benzene rings is 1. The summed E-state index contributed by atoms with van der Waals surface area (Å²) in [6.07, 6.45) is -2.92. The number of pyridine rings is 1. The molecule has 1 aromatic heterocycles. The molecular formula is C41H52F3N5O11S. The first kappa shape index (κ1) is 44.2. The van der Waals surface area contributed by atoms with Crippen LogP contribution < -0.4 is 24.2 Å². The molecule has 3 N–H and O–H groups in total. The molecule has 5 aliphatic rings. The van der Waals surface area contributed by atoms with E-state index in [0.29, 0.717) is 42.2 Å². The van der Waals surface area contributed by atoms with Gasteiger partial charge in [-0.3, -0.25) is 24.0 Å². The summed E-state index contributed by atoms with van der Waals surface area (Å²) < 4.78 is 95.0. The topological polar surface area (TPSA) is 203 Å². The van der Waals surface area contributed by atoms with E-state index in [1.807, 2.05) is 13.0 Å². The average Bonchev–Trinajstić information content (AvgIpc) is 4.06. The van der Waals surface area contributed by atoms with E-state index < -0.39 is 106 Å². The predicted octanol–water partition coefficient (Wildman–Crippen LogP) is 4.56. The zero-order valence-electron chi connectivity index (χ0n) is 34.6. The van der Waals surface area contributed by atoms with Crippen molar-refractivity contribution in [2.45, 2.75) is 112 Å². The van der Waals surface area contributed by atoms with Gasteiger partial charge in [0.2, 0.25) is 33.6 Å². The Bertz CT molecular complexity index is 2210. The minimum atomic E-state index is -5.14. The number of halogens is 3. The lowest BCUT2D eigenvalue weighted by atomic mass is 9.81. The molecule has 1 aromatic carbocycles. The van der Waals surface area contributed by atoms with Gasteiger partial charge in [0.1, 0.15) is 29.5 Å². The first-order valence-electron chi connectivity index (χ1n) is 20.4. The number of alkyl halides is 3. The van der Waals surface area contributed by atoms with Gasteiger partial charge in [-0.15, -0.1) is 0 Å². The number of amides is 4. The monoisotopic (exact) mass is 879 g/mol. The minimum Gasteiger partial charge on any atom is -0.497 e. The maximum absolute atomic E-state index is 15.3. The Kier molecular flexibility index (Phi) is 11.7. The lowest BCUT2D eigenvalue weighted by molar-refractivity contribution is -0.304. The molecule has 0 unspecified atom stereocenters. The smallest absolute Gasteiger partial charge is 0.416 e. The summed E-state index contributed by atoms with van der Waals surface area (Å²) in [5.41, 5.74) is -4.79. The van der Waals surface area contributed by atoms with Crippen molar-refractivity contribution in [3.05, 3.63) is 36.4 Å². The number of carbonyl (C=O) groups excluding carboxylic acids is 3. The lowest BCUT2D eigenvalue weighted by Gasteiger charge is -2.52. The van der Waals surface area contributed by atoms with Crippen molar-refractivity contribution in [2.75, 3.05) is 34.0 Å². The van der Waals surface area contributed by atoms with E-state index in [9.17, 15) is 27.9 Å². The number of fused-ring (bicyclic) bond motifs is 3. The Morgan fingerprint density at radius 2 is 1.85 bits per heavy atom. The molecule has 4 fully saturated rings. The number of sulfonamides is 1. The predicted molar refractivity (Wildman–Crippen MR) is 212 cm³/mol. The average molecular weight is 880 g/mol. The van der Waals surface area contributed by atoms with E-state index >= 15 is 18.0 Å². The number of ether oxygens (including phenoxy) is 4. The summed E-state index contributed by atoms with van der Waals surface area (Å²) in [5.74, 6) is -3.95. The molecule has 2 saturated heterocycles. The van der Waals surface area contributed by atoms with Crippen molar-refractivity contribution in [1.29, 1.82) is 0 Å². The highest BCUT2D eigenvalue weighted by Gasteiger charge is 2.69. The number of methoxy groups -OCH3 is 2. The van der Waals surface area contributed by atoms with Gasteiger partial charge in [-0.25, -0.2) is 13.2 Å². The third-order valence-corrected chi connectivity index (χ3v) is 15.4. The van der Waals surface area contributed by atoms with Crippen LogP contribution in [0.25, 0.3) is 10.8 Å². The largest absolute Gasteiger partial charge is 0.497 e. The molecule has 2 saturated carbocycles. The van der Waals surface area contributed by atoms with Crippen LogP contribution in [-0.2, 0) is 29.1 Å². The van der Waals surface area contributed by atoms with Crippen LogP contribution >= 0.6 is 0 Å². The van der Waals surface area contributed by atoms with Crippen molar-refractivity contribution in [2.24, 2.45) is 17.8 Å². The molecule has 334 valence electrons. The Morgan fingerprint density at radius 1 is 1.13 bits per heavy atom. The molecule has 0 bridgehead atoms. The molecule has 2 aromatic rings. The van der Waals surface area contributed by atoms with Crippen LogP contribution in [-0.4, -0.2) is 126 Å². The summed E-state index contributed by atoms with van der Waals surface area (Å²) in [6, 6.07) is 3.28. The summed E-state index contributed by atoms with van der Waals surface area (Å²) in [6.45, 7) is 2.59. The van der Waals surface area contributed by atoms with Crippen molar-refractivity contribution < 1.29 is 64.8 Å². The maximum atomic E-state index is 15.3. The minimum absolute atomic E-state index is 0.0358. The normalized spacial score (nSPS) is 29.7. The molecule has 7 atom stereocenters. The van der Waals surface area contributed by atoms with Gasteiger partial charge in [0.15, 0.2) is 5.54 Å². The van der Waals surface area contributed by atoms with E-state index in [-0.39, 0.29) is 48.3 Å². The van der Waals surface area contributed by atoms with Crippen LogP contribution in [0.3, 0.4) is 0 Å². The zero-order valence-corrected chi connectivity index (χ0v) is 35.4. The fourth-order valence-electron chi connectivity index (χ4n) is 8.89. The van der Waals surface area contributed by atoms with E-state index in [0.717, 1.165) is 4.90 Å². The number of hydrogen-bond acceptors (Lipinski definition) is 11. The van der Waals surface area contributed by atoms with Crippen LogP contribution in [0.15, 0.2) is 36.4 Å². The van der Waals surface area contributed by atoms with Crippen LogP contribution in [0, 0.1) is 17.8 Å². The molecular weight excluding hydrogens is 828 g/mol. The number of rotatable bonds is 10. The van der Waals surface area contributed by atoms with Crippen molar-refractivity contribution in [3.8, 4) is 17.5 Å². The van der Waals surface area contributed by atoms with E-state index in [1.165, 1.54) is 21.1 Å². The van der Waals surface area contributed by atoms with Crippen molar-refractivity contribution in [3.63, 3.8) is 0 Å². The number of nitrogens with zero attached hydrogens (tertiary/aromatic N) is 3. The maximum Gasteiger partial charge on any atom is 0.416 e. The Morgan fingerprint density at radius 3 is 2.44 bits per heavy atom. The molecule has 2 aliphatic carbocycles. The van der Waals surface area contributed by atoms with Gasteiger partial charge in [-0.05, 0) is 80.9 Å². The zero-order chi connectivity index (χ0) is 44.3. The summed E-state index contributed by atoms with van der Waals surface area (Å²) >= 11 is 0. The van der Waals surface area contributed by atoms with Crippen LogP contribution in [0.4, 0.5) is 18.0 Å². The Labute approximate surface area is 351 Å². The van der Waals surface area contributed by atoms with Crippen molar-refractivity contribution in [1.82, 2.24) is 24.8 Å². The number of allylic oxidation sites excluding steroid dienone is 1. The van der Waals surface area contributed by atoms with E-state index in [4.69, 9.17) is 18.9 Å². The number of nitrogens with one attached hydrogen (secondary N) is 2. The van der Waals surface area contributed by atoms with Gasteiger partial charge in [0, 0.05) is 23.8 Å². The van der Waals surface area contributed by atoms with Crippen LogP contribution in [0.5, 0.6) is 17.5 Å². The number of carboxylic acid groups (broad SMARTS) is 1. The van der Waals surface area contributed by atoms with E-state index in [2.05, 4.69) is 15.0 Å². The number of hydrogen-bond donors (Lipinski definition) is 3. The third-order valence-electron chi connectivity index (χ3n) is 13.2. The van der Waals surface area contributed by atoms with Crippen LogP contribution in [0.1, 0.15) is 72.1 Å². The molecule has 16 nitrogen and oxygen atoms in total. The summed E-state index contributed by atoms with van der Waals surface area (Å²) in [7, 11) is -1.25. The Hall–Kier alpha value is -4.85. The fourth-order valence-corrected chi connectivity index (χ4v) is 10.2. The van der Waals surface area contributed by atoms with Crippen molar-refractivity contribution >= 4 is 44.6 Å². The van der Waals surface area contributed by atoms with Gasteiger partial charge < -0.3 is 34.3 Å². The highest BCUT2D eigenvalue weighted by molar-refractivity contribution is 7.91. The Balaban J connectivity index is 1.32. The van der Waals surface area contributed by atoms with Gasteiger partial charge in [-0.2, -0.15) is 18.2 Å². The second-order valence-corrected chi connectivity index (χ2v) is 19.5. The third kappa shape index (κ3) is 8.05. The lowest BCUT2D eigenvalue weighted by Crippen LogP contribution is -2.76. The highest BCUT2D eigenvalue weighted by atomic mass is 32.2. The molecule has 0 spiro atoms. The molecule has 0 radical (unpaired) electrons. The second-order valence-electron chi connectivity index (χ2n) is 17.3. The number of aromatic nitrogens is 1. The molecule has 20 heteroatoms. The quantitative estimate of drug-likeness (QED) is 0.282. The fraction of sp³-hybridized carbons (Fsp3) is 0.634. The first-order chi connectivity index (χ1) is 28.7.